The number of hydrogen-bond donors (Lipinski definition) is 4. The van der Waals surface area contributed by atoms with Crippen LogP contribution in [0.5, 0.6) is 0 Å². The van der Waals surface area contributed by atoms with Crippen LogP contribution in [0.15, 0.2) is 0 Å². The van der Waals surface area contributed by atoms with Crippen molar-refractivity contribution in [3.63, 3.8) is 0 Å². The van der Waals surface area contributed by atoms with Gasteiger partial charge in [-0.1, -0.05) is 33.6 Å². The summed E-state index contributed by atoms with van der Waals surface area (Å²) < 4.78 is 0. The summed E-state index contributed by atoms with van der Waals surface area (Å²) in [5, 5.41) is 31.3. The van der Waals surface area contributed by atoms with Gasteiger partial charge in [0.25, 0.3) is 0 Å². The lowest BCUT2D eigenvalue weighted by Gasteiger charge is -2.63. The smallest absolute Gasteiger partial charge is 0.0847 e. The first kappa shape index (κ1) is 24.0. The summed E-state index contributed by atoms with van der Waals surface area (Å²) in [6.07, 6.45) is 9.92. The Morgan fingerprint density at radius 2 is 1.65 bits per heavy atom. The van der Waals surface area contributed by atoms with E-state index in [1.54, 1.807) is 0 Å². The van der Waals surface area contributed by atoms with E-state index in [0.29, 0.717) is 29.6 Å². The van der Waals surface area contributed by atoms with E-state index in [-0.39, 0.29) is 17.4 Å². The third kappa shape index (κ3) is 4.02. The zero-order valence-corrected chi connectivity index (χ0v) is 20.7. The Bertz CT molecular complexity index is 647. The molecule has 4 saturated carbocycles. The Morgan fingerprint density at radius 3 is 2.32 bits per heavy atom. The molecule has 4 rings (SSSR count). The van der Waals surface area contributed by atoms with Crippen molar-refractivity contribution in [1.29, 1.82) is 0 Å². The minimum atomic E-state index is -0.657. The van der Waals surface area contributed by atoms with Crippen LogP contribution in [0.3, 0.4) is 0 Å². The van der Waals surface area contributed by atoms with Gasteiger partial charge in [0.15, 0.2) is 0 Å². The topological polar surface area (TPSA) is 86.7 Å². The molecule has 11 atom stereocenters. The van der Waals surface area contributed by atoms with Crippen LogP contribution in [0, 0.1) is 46.3 Å². The van der Waals surface area contributed by atoms with Crippen LogP contribution >= 0.6 is 0 Å². The maximum atomic E-state index is 10.8. The molecule has 4 heteroatoms. The molecule has 180 valence electrons. The largest absolute Gasteiger partial charge is 0.390 e. The van der Waals surface area contributed by atoms with E-state index >= 15 is 0 Å². The van der Waals surface area contributed by atoms with E-state index in [1.807, 2.05) is 13.8 Å². The molecular formula is C27H49NO3. The minimum Gasteiger partial charge on any atom is -0.390 e. The van der Waals surface area contributed by atoms with E-state index in [9.17, 15) is 15.3 Å². The number of hydrogen-bond acceptors (Lipinski definition) is 4. The Hall–Kier alpha value is -0.160. The Balaban J connectivity index is 1.50. The zero-order chi connectivity index (χ0) is 22.8. The van der Waals surface area contributed by atoms with Crippen LogP contribution in [0.2, 0.25) is 0 Å². The van der Waals surface area contributed by atoms with Crippen molar-refractivity contribution < 1.29 is 15.3 Å². The molecule has 0 heterocycles. The summed E-state index contributed by atoms with van der Waals surface area (Å²) in [6, 6.07) is 0.00168. The maximum Gasteiger partial charge on any atom is 0.0847 e. The van der Waals surface area contributed by atoms with Gasteiger partial charge in [0, 0.05) is 12.0 Å². The van der Waals surface area contributed by atoms with Crippen LogP contribution in [-0.2, 0) is 0 Å². The van der Waals surface area contributed by atoms with Crippen molar-refractivity contribution in [2.24, 2.45) is 52.1 Å². The Labute approximate surface area is 190 Å². The highest BCUT2D eigenvalue weighted by molar-refractivity contribution is 5.13. The van der Waals surface area contributed by atoms with Gasteiger partial charge in [0.1, 0.15) is 0 Å². The summed E-state index contributed by atoms with van der Waals surface area (Å²) in [5.41, 5.74) is 6.69. The monoisotopic (exact) mass is 435 g/mol. The molecule has 0 aromatic rings. The number of rotatable bonds is 5. The minimum absolute atomic E-state index is 0.00168. The molecule has 0 aromatic heterocycles. The molecule has 0 saturated heterocycles. The third-order valence-corrected chi connectivity index (χ3v) is 11.0. The SMILES string of the molecule is C[C@H](CCCC(C)(C)O)[C@H]1CC[C@H]2[C@@H]3C[C@@H](N)[C@H]4[C@@H](O)[C@@H](O)CC[C@]4(C)[C@H]3CC[C@]12C. The van der Waals surface area contributed by atoms with Crippen molar-refractivity contribution in [1.82, 2.24) is 0 Å². The molecule has 4 fully saturated rings. The Kier molecular flexibility index (Phi) is 6.38. The van der Waals surface area contributed by atoms with E-state index in [2.05, 4.69) is 20.8 Å². The van der Waals surface area contributed by atoms with Crippen LogP contribution < -0.4 is 5.73 Å². The van der Waals surface area contributed by atoms with Crippen LogP contribution in [0.1, 0.15) is 98.8 Å². The summed E-state index contributed by atoms with van der Waals surface area (Å²) in [7, 11) is 0. The van der Waals surface area contributed by atoms with Crippen LogP contribution in [-0.4, -0.2) is 39.2 Å². The quantitative estimate of drug-likeness (QED) is 0.512. The van der Waals surface area contributed by atoms with Gasteiger partial charge < -0.3 is 21.1 Å². The fourth-order valence-corrected chi connectivity index (χ4v) is 9.53. The molecule has 0 bridgehead atoms. The summed E-state index contributed by atoms with van der Waals surface area (Å²) in [6.45, 7) is 11.3. The van der Waals surface area contributed by atoms with Crippen LogP contribution in [0.4, 0.5) is 0 Å². The maximum absolute atomic E-state index is 10.8. The molecule has 4 aliphatic rings. The summed E-state index contributed by atoms with van der Waals surface area (Å²) in [4.78, 5) is 0. The molecule has 31 heavy (non-hydrogen) atoms. The number of aliphatic hydroxyl groups is 3. The highest BCUT2D eigenvalue weighted by Gasteiger charge is 2.63. The molecule has 5 N–H and O–H groups in total. The fraction of sp³-hybridized carbons (Fsp3) is 1.00. The van der Waals surface area contributed by atoms with Crippen molar-refractivity contribution >= 4 is 0 Å². The van der Waals surface area contributed by atoms with Gasteiger partial charge in [-0.15, -0.1) is 0 Å². The van der Waals surface area contributed by atoms with Gasteiger partial charge >= 0.3 is 0 Å². The van der Waals surface area contributed by atoms with E-state index in [1.165, 1.54) is 32.1 Å². The third-order valence-electron chi connectivity index (χ3n) is 11.0. The first-order valence-electron chi connectivity index (χ1n) is 13.2. The van der Waals surface area contributed by atoms with Crippen molar-refractivity contribution in [3.8, 4) is 0 Å². The van der Waals surface area contributed by atoms with E-state index < -0.39 is 17.8 Å². The number of nitrogens with two attached hydrogens (primary N) is 1. The number of fused-ring (bicyclic) bond motifs is 5. The zero-order valence-electron chi connectivity index (χ0n) is 20.7. The van der Waals surface area contributed by atoms with Crippen molar-refractivity contribution in [2.75, 3.05) is 0 Å². The summed E-state index contributed by atoms with van der Waals surface area (Å²) in [5.74, 6) is 3.59. The van der Waals surface area contributed by atoms with Crippen molar-refractivity contribution in [2.45, 2.75) is 123 Å². The van der Waals surface area contributed by atoms with E-state index in [4.69, 9.17) is 5.73 Å². The lowest BCUT2D eigenvalue weighted by Crippen LogP contribution is -2.64. The predicted molar refractivity (Wildman–Crippen MR) is 125 cm³/mol. The van der Waals surface area contributed by atoms with Gasteiger partial charge in [0.05, 0.1) is 17.8 Å². The molecule has 0 spiro atoms. The molecule has 0 aliphatic heterocycles. The molecule has 0 unspecified atom stereocenters. The normalized spacial score (nSPS) is 51.0. The van der Waals surface area contributed by atoms with Gasteiger partial charge in [-0.3, -0.25) is 0 Å². The standard InChI is InChI=1S/C27H49NO3/c1-16(7-6-12-25(2,3)31)18-8-9-19-17-15-21(28)23-24(30)22(29)11-14-27(23,5)20(17)10-13-26(18,19)4/h16-24,29-31H,6-15,28H2,1-5H3/t16-,17+,18-,19+,20+,21-,22+,23+,24+,26-,27-/m1/s1. The second kappa shape index (κ2) is 8.25. The second-order valence-corrected chi connectivity index (χ2v) is 13.3. The lowest BCUT2D eigenvalue weighted by molar-refractivity contribution is -0.181. The highest BCUT2D eigenvalue weighted by Crippen LogP contribution is 2.68. The first-order valence-corrected chi connectivity index (χ1v) is 13.2. The molecule has 4 aliphatic carbocycles. The van der Waals surface area contributed by atoms with Gasteiger partial charge in [-0.2, -0.15) is 0 Å². The fourth-order valence-electron chi connectivity index (χ4n) is 9.53. The van der Waals surface area contributed by atoms with Crippen molar-refractivity contribution in [3.05, 3.63) is 0 Å². The molecular weight excluding hydrogens is 386 g/mol. The lowest BCUT2D eigenvalue weighted by atomic mass is 9.43. The molecule has 0 aromatic carbocycles. The number of aliphatic hydroxyl groups excluding tert-OH is 2. The van der Waals surface area contributed by atoms with Gasteiger partial charge in [-0.05, 0) is 106 Å². The van der Waals surface area contributed by atoms with E-state index in [0.717, 1.165) is 37.5 Å². The van der Waals surface area contributed by atoms with Gasteiger partial charge in [-0.25, -0.2) is 0 Å². The Morgan fingerprint density at radius 1 is 1.00 bits per heavy atom. The summed E-state index contributed by atoms with van der Waals surface area (Å²) >= 11 is 0. The van der Waals surface area contributed by atoms with Crippen LogP contribution in [0.25, 0.3) is 0 Å². The average Bonchev–Trinajstić information content (AvgIpc) is 3.01. The average molecular weight is 436 g/mol. The molecule has 4 nitrogen and oxygen atoms in total. The predicted octanol–water partition coefficient (Wildman–Crippen LogP) is 4.49. The first-order chi connectivity index (χ1) is 14.4. The molecule has 0 radical (unpaired) electrons. The highest BCUT2D eigenvalue weighted by atomic mass is 16.3. The van der Waals surface area contributed by atoms with Gasteiger partial charge in [0.2, 0.25) is 0 Å². The molecule has 0 amide bonds. The second-order valence-electron chi connectivity index (χ2n) is 13.3.